The Kier molecular flexibility index (Phi) is 3.66. The van der Waals surface area contributed by atoms with Crippen molar-refractivity contribution >= 4 is 27.2 Å². The Balaban J connectivity index is 2.11. The zero-order chi connectivity index (χ0) is 13.9. The molecule has 0 spiro atoms. The number of anilines is 3. The molecule has 1 aromatic carbocycles. The van der Waals surface area contributed by atoms with Gasteiger partial charge in [0.2, 0.25) is 10.0 Å². The molecule has 1 heterocycles. The highest BCUT2D eigenvalue weighted by atomic mass is 32.2. The second kappa shape index (κ2) is 5.23. The number of hydrogen-bond donors (Lipinski definition) is 2. The number of nitrogens with one attached hydrogen (secondary N) is 2. The SMILES string of the molecule is CS(=O)(=O)Nc1ccc(Nc2cccc(F)c2)nc1. The fraction of sp³-hybridized carbons (Fsp3) is 0.0833. The molecule has 0 radical (unpaired) electrons. The topological polar surface area (TPSA) is 71.1 Å². The van der Waals surface area contributed by atoms with Gasteiger partial charge in [0, 0.05) is 5.69 Å². The molecule has 0 saturated carbocycles. The summed E-state index contributed by atoms with van der Waals surface area (Å²) in [6.07, 6.45) is 2.44. The van der Waals surface area contributed by atoms with Gasteiger partial charge in [-0.15, -0.1) is 0 Å². The molecule has 0 aliphatic heterocycles. The zero-order valence-electron chi connectivity index (χ0n) is 10.1. The third kappa shape index (κ3) is 4.22. The number of hydrogen-bond acceptors (Lipinski definition) is 4. The number of rotatable bonds is 4. The maximum Gasteiger partial charge on any atom is 0.229 e. The van der Waals surface area contributed by atoms with Crippen molar-refractivity contribution in [3.05, 3.63) is 48.4 Å². The fourth-order valence-electron chi connectivity index (χ4n) is 1.46. The Labute approximate surface area is 110 Å². The van der Waals surface area contributed by atoms with E-state index in [1.165, 1.54) is 18.3 Å². The average Bonchev–Trinajstić information content (AvgIpc) is 2.30. The van der Waals surface area contributed by atoms with Crippen LogP contribution in [-0.4, -0.2) is 19.7 Å². The van der Waals surface area contributed by atoms with Crippen LogP contribution in [0.3, 0.4) is 0 Å². The number of nitrogens with zero attached hydrogens (tertiary/aromatic N) is 1. The Hall–Kier alpha value is -2.15. The van der Waals surface area contributed by atoms with Crippen LogP contribution in [0.1, 0.15) is 0 Å². The van der Waals surface area contributed by atoms with E-state index in [0.29, 0.717) is 17.2 Å². The van der Waals surface area contributed by atoms with Crippen molar-refractivity contribution in [3.63, 3.8) is 0 Å². The molecule has 0 unspecified atom stereocenters. The Morgan fingerprint density at radius 3 is 2.53 bits per heavy atom. The fourth-order valence-corrected chi connectivity index (χ4v) is 2.01. The lowest BCUT2D eigenvalue weighted by molar-refractivity contribution is 0.606. The molecule has 0 amide bonds. The maximum absolute atomic E-state index is 13.0. The normalized spacial score (nSPS) is 11.1. The number of benzene rings is 1. The zero-order valence-corrected chi connectivity index (χ0v) is 10.9. The minimum atomic E-state index is -3.31. The van der Waals surface area contributed by atoms with Gasteiger partial charge in [-0.05, 0) is 30.3 Å². The summed E-state index contributed by atoms with van der Waals surface area (Å²) >= 11 is 0. The molecule has 0 atom stereocenters. The molecule has 19 heavy (non-hydrogen) atoms. The van der Waals surface area contributed by atoms with Gasteiger partial charge in [-0.3, -0.25) is 4.72 Å². The number of sulfonamides is 1. The van der Waals surface area contributed by atoms with Crippen molar-refractivity contribution in [2.45, 2.75) is 0 Å². The number of pyridine rings is 1. The van der Waals surface area contributed by atoms with E-state index in [0.717, 1.165) is 6.26 Å². The molecule has 100 valence electrons. The van der Waals surface area contributed by atoms with E-state index in [-0.39, 0.29) is 5.82 Å². The predicted octanol–water partition coefficient (Wildman–Crippen LogP) is 2.34. The van der Waals surface area contributed by atoms with Crippen LogP contribution in [0.5, 0.6) is 0 Å². The lowest BCUT2D eigenvalue weighted by Gasteiger charge is -2.07. The first kappa shape index (κ1) is 13.3. The molecular formula is C12H12FN3O2S. The van der Waals surface area contributed by atoms with Crippen molar-refractivity contribution in [2.75, 3.05) is 16.3 Å². The first-order valence-electron chi connectivity index (χ1n) is 5.39. The van der Waals surface area contributed by atoms with Crippen LogP contribution in [-0.2, 0) is 10.0 Å². The van der Waals surface area contributed by atoms with Gasteiger partial charge >= 0.3 is 0 Å². The van der Waals surface area contributed by atoms with Gasteiger partial charge in [0.25, 0.3) is 0 Å². The van der Waals surface area contributed by atoms with Crippen LogP contribution in [0.15, 0.2) is 42.6 Å². The molecule has 7 heteroatoms. The Morgan fingerprint density at radius 2 is 1.95 bits per heavy atom. The summed E-state index contributed by atoms with van der Waals surface area (Å²) in [7, 11) is -3.31. The monoisotopic (exact) mass is 281 g/mol. The van der Waals surface area contributed by atoms with Gasteiger partial charge in [-0.1, -0.05) is 6.07 Å². The molecule has 0 bridgehead atoms. The van der Waals surface area contributed by atoms with E-state index in [1.54, 1.807) is 24.3 Å². The quantitative estimate of drug-likeness (QED) is 0.902. The van der Waals surface area contributed by atoms with E-state index in [1.807, 2.05) is 0 Å². The van der Waals surface area contributed by atoms with E-state index in [4.69, 9.17) is 0 Å². The molecule has 0 aliphatic carbocycles. The highest BCUT2D eigenvalue weighted by molar-refractivity contribution is 7.92. The van der Waals surface area contributed by atoms with Crippen molar-refractivity contribution in [1.82, 2.24) is 4.98 Å². The van der Waals surface area contributed by atoms with Gasteiger partial charge in [-0.25, -0.2) is 17.8 Å². The minimum absolute atomic E-state index is 0.347. The van der Waals surface area contributed by atoms with Crippen molar-refractivity contribution in [3.8, 4) is 0 Å². The summed E-state index contributed by atoms with van der Waals surface area (Å²) in [6, 6.07) is 9.13. The van der Waals surface area contributed by atoms with Crippen molar-refractivity contribution < 1.29 is 12.8 Å². The summed E-state index contributed by atoms with van der Waals surface area (Å²) in [5.41, 5.74) is 0.934. The summed E-state index contributed by atoms with van der Waals surface area (Å²) < 4.78 is 37.3. The van der Waals surface area contributed by atoms with E-state index in [9.17, 15) is 12.8 Å². The van der Waals surface area contributed by atoms with E-state index in [2.05, 4.69) is 15.0 Å². The van der Waals surface area contributed by atoms with Crippen molar-refractivity contribution in [2.24, 2.45) is 0 Å². The molecule has 2 N–H and O–H groups in total. The predicted molar refractivity (Wildman–Crippen MR) is 72.4 cm³/mol. The first-order valence-corrected chi connectivity index (χ1v) is 7.28. The third-order valence-corrected chi connectivity index (χ3v) is 2.77. The molecule has 0 saturated heterocycles. The highest BCUT2D eigenvalue weighted by Gasteiger charge is 2.02. The molecule has 5 nitrogen and oxygen atoms in total. The smallest absolute Gasteiger partial charge is 0.229 e. The molecular weight excluding hydrogens is 269 g/mol. The largest absolute Gasteiger partial charge is 0.340 e. The maximum atomic E-state index is 13.0. The van der Waals surface area contributed by atoms with E-state index < -0.39 is 10.0 Å². The Bertz CT molecular complexity index is 672. The van der Waals surface area contributed by atoms with Crippen LogP contribution in [0.2, 0.25) is 0 Å². The third-order valence-electron chi connectivity index (χ3n) is 2.16. The van der Waals surface area contributed by atoms with Gasteiger partial charge in [0.05, 0.1) is 18.1 Å². The standard InChI is InChI=1S/C12H12FN3O2S/c1-19(17,18)16-11-5-6-12(14-8-11)15-10-4-2-3-9(13)7-10/h2-8,16H,1H3,(H,14,15). The molecule has 0 aliphatic rings. The minimum Gasteiger partial charge on any atom is -0.340 e. The summed E-state index contributed by atoms with van der Waals surface area (Å²) in [5.74, 6) is 0.144. The van der Waals surface area contributed by atoms with Crippen LogP contribution in [0.4, 0.5) is 21.6 Å². The first-order chi connectivity index (χ1) is 8.92. The van der Waals surface area contributed by atoms with Gasteiger partial charge in [0.15, 0.2) is 0 Å². The number of aromatic nitrogens is 1. The van der Waals surface area contributed by atoms with Crippen molar-refractivity contribution in [1.29, 1.82) is 0 Å². The second-order valence-corrected chi connectivity index (χ2v) is 5.69. The van der Waals surface area contributed by atoms with Gasteiger partial charge < -0.3 is 5.32 Å². The van der Waals surface area contributed by atoms with Gasteiger partial charge in [-0.2, -0.15) is 0 Å². The van der Waals surface area contributed by atoms with Crippen LogP contribution < -0.4 is 10.0 Å². The summed E-state index contributed by atoms with van der Waals surface area (Å²) in [4.78, 5) is 4.03. The summed E-state index contributed by atoms with van der Waals surface area (Å²) in [6.45, 7) is 0. The Morgan fingerprint density at radius 1 is 1.16 bits per heavy atom. The van der Waals surface area contributed by atoms with E-state index >= 15 is 0 Å². The lowest BCUT2D eigenvalue weighted by atomic mass is 10.3. The lowest BCUT2D eigenvalue weighted by Crippen LogP contribution is -2.09. The number of halogens is 1. The van der Waals surface area contributed by atoms with Crippen LogP contribution in [0.25, 0.3) is 0 Å². The van der Waals surface area contributed by atoms with Gasteiger partial charge in [0.1, 0.15) is 11.6 Å². The van der Waals surface area contributed by atoms with Crippen LogP contribution >= 0.6 is 0 Å². The highest BCUT2D eigenvalue weighted by Crippen LogP contribution is 2.17. The molecule has 2 aromatic rings. The average molecular weight is 281 g/mol. The summed E-state index contributed by atoms with van der Waals surface area (Å²) in [5, 5.41) is 2.91. The van der Waals surface area contributed by atoms with Crippen LogP contribution in [0, 0.1) is 5.82 Å². The molecule has 0 fully saturated rings. The molecule has 2 rings (SSSR count). The second-order valence-electron chi connectivity index (χ2n) is 3.94. The molecule has 1 aromatic heterocycles.